The predicted octanol–water partition coefficient (Wildman–Crippen LogP) is 3.11. The van der Waals surface area contributed by atoms with Crippen LogP contribution in [0.3, 0.4) is 0 Å². The molecule has 0 radical (unpaired) electrons. The second-order valence-electron chi connectivity index (χ2n) is 6.58. The smallest absolute Gasteiger partial charge is 0.257 e. The summed E-state index contributed by atoms with van der Waals surface area (Å²) in [4.78, 5) is 41.0. The Morgan fingerprint density at radius 3 is 2.54 bits per heavy atom. The molecule has 1 aromatic heterocycles. The molecule has 134 valence electrons. The quantitative estimate of drug-likeness (QED) is 0.701. The number of benzene rings is 1. The second kappa shape index (κ2) is 6.72. The average molecular weight is 417 g/mol. The van der Waals surface area contributed by atoms with E-state index in [1.165, 1.54) is 16.1 Å². The van der Waals surface area contributed by atoms with Gasteiger partial charge in [0, 0.05) is 10.4 Å². The van der Waals surface area contributed by atoms with Gasteiger partial charge < -0.3 is 9.32 Å². The minimum absolute atomic E-state index is 0.00589. The lowest BCUT2D eigenvalue weighted by atomic mass is 10.1. The SMILES string of the molecule is O=C1CC(N(Cc2ccco2)C(=O)C2CC2)C(=O)N1c1ccc(Br)cc1. The van der Waals surface area contributed by atoms with Crippen LogP contribution in [0.1, 0.15) is 25.0 Å². The maximum Gasteiger partial charge on any atom is 0.257 e. The number of halogens is 1. The molecule has 2 aliphatic rings. The van der Waals surface area contributed by atoms with E-state index in [0.717, 1.165) is 17.3 Å². The van der Waals surface area contributed by atoms with E-state index in [9.17, 15) is 14.4 Å². The number of imide groups is 1. The molecule has 1 aromatic carbocycles. The van der Waals surface area contributed by atoms with Crippen molar-refractivity contribution in [1.82, 2.24) is 4.90 Å². The summed E-state index contributed by atoms with van der Waals surface area (Å²) in [7, 11) is 0. The monoisotopic (exact) mass is 416 g/mol. The van der Waals surface area contributed by atoms with Gasteiger partial charge in [0.1, 0.15) is 11.8 Å². The van der Waals surface area contributed by atoms with Crippen molar-refractivity contribution in [3.8, 4) is 0 Å². The van der Waals surface area contributed by atoms with Gasteiger partial charge in [0.15, 0.2) is 0 Å². The molecule has 1 unspecified atom stereocenters. The normalized spacial score (nSPS) is 19.9. The van der Waals surface area contributed by atoms with Gasteiger partial charge in [-0.15, -0.1) is 0 Å². The van der Waals surface area contributed by atoms with Crippen LogP contribution in [-0.4, -0.2) is 28.7 Å². The molecule has 2 aromatic rings. The number of rotatable bonds is 5. The lowest BCUT2D eigenvalue weighted by Gasteiger charge is -2.27. The highest BCUT2D eigenvalue weighted by molar-refractivity contribution is 9.10. The Morgan fingerprint density at radius 2 is 1.92 bits per heavy atom. The topological polar surface area (TPSA) is 70.8 Å². The van der Waals surface area contributed by atoms with Gasteiger partial charge in [-0.1, -0.05) is 15.9 Å². The maximum absolute atomic E-state index is 13.0. The van der Waals surface area contributed by atoms with Gasteiger partial charge in [-0.3, -0.25) is 14.4 Å². The zero-order valence-corrected chi connectivity index (χ0v) is 15.5. The molecule has 1 aliphatic carbocycles. The Hall–Kier alpha value is -2.41. The Morgan fingerprint density at radius 1 is 1.19 bits per heavy atom. The van der Waals surface area contributed by atoms with Crippen LogP contribution in [-0.2, 0) is 20.9 Å². The highest BCUT2D eigenvalue weighted by Crippen LogP contribution is 2.35. The summed E-state index contributed by atoms with van der Waals surface area (Å²) < 4.78 is 6.21. The molecular formula is C19H17BrN2O4. The van der Waals surface area contributed by atoms with Crippen molar-refractivity contribution in [1.29, 1.82) is 0 Å². The first-order chi connectivity index (χ1) is 12.5. The number of nitrogens with zero attached hydrogens (tertiary/aromatic N) is 2. The lowest BCUT2D eigenvalue weighted by molar-refractivity contribution is -0.140. The largest absolute Gasteiger partial charge is 0.467 e. The van der Waals surface area contributed by atoms with Crippen LogP contribution in [0.2, 0.25) is 0 Å². The van der Waals surface area contributed by atoms with Gasteiger partial charge in [-0.05, 0) is 49.2 Å². The number of anilines is 1. The molecule has 1 atom stereocenters. The number of carbonyl (C=O) groups excluding carboxylic acids is 3. The molecular weight excluding hydrogens is 400 g/mol. The van der Waals surface area contributed by atoms with Gasteiger partial charge >= 0.3 is 0 Å². The van der Waals surface area contributed by atoms with Crippen molar-refractivity contribution in [3.05, 3.63) is 52.9 Å². The predicted molar refractivity (Wildman–Crippen MR) is 97.0 cm³/mol. The van der Waals surface area contributed by atoms with Crippen LogP contribution in [0.5, 0.6) is 0 Å². The van der Waals surface area contributed by atoms with E-state index in [0.29, 0.717) is 11.4 Å². The van der Waals surface area contributed by atoms with Crippen LogP contribution in [0, 0.1) is 5.92 Å². The van der Waals surface area contributed by atoms with Gasteiger partial charge in [0.2, 0.25) is 11.8 Å². The molecule has 2 fully saturated rings. The van der Waals surface area contributed by atoms with Gasteiger partial charge in [-0.25, -0.2) is 4.90 Å². The Bertz CT molecular complexity index is 843. The van der Waals surface area contributed by atoms with E-state index in [4.69, 9.17) is 4.42 Å². The first kappa shape index (κ1) is 17.0. The Kier molecular flexibility index (Phi) is 4.40. The summed E-state index contributed by atoms with van der Waals surface area (Å²) in [6.07, 6.45) is 3.19. The third-order valence-electron chi connectivity index (χ3n) is 4.70. The van der Waals surface area contributed by atoms with E-state index in [1.54, 1.807) is 36.4 Å². The zero-order valence-electron chi connectivity index (χ0n) is 13.9. The minimum Gasteiger partial charge on any atom is -0.467 e. The third kappa shape index (κ3) is 3.19. The molecule has 3 amide bonds. The third-order valence-corrected chi connectivity index (χ3v) is 5.23. The van der Waals surface area contributed by atoms with Crippen molar-refractivity contribution in [3.63, 3.8) is 0 Å². The van der Waals surface area contributed by atoms with E-state index in [-0.39, 0.29) is 36.6 Å². The summed E-state index contributed by atoms with van der Waals surface area (Å²) in [6.45, 7) is 0.195. The number of carbonyl (C=O) groups is 3. The van der Waals surface area contributed by atoms with E-state index < -0.39 is 6.04 Å². The molecule has 0 N–H and O–H groups in total. The summed E-state index contributed by atoms with van der Waals surface area (Å²) in [6, 6.07) is 9.69. The highest BCUT2D eigenvalue weighted by Gasteiger charge is 2.47. The zero-order chi connectivity index (χ0) is 18.3. The number of amides is 3. The highest BCUT2D eigenvalue weighted by atomic mass is 79.9. The lowest BCUT2D eigenvalue weighted by Crippen LogP contribution is -2.45. The summed E-state index contributed by atoms with van der Waals surface area (Å²) in [5, 5.41) is 0. The molecule has 0 bridgehead atoms. The van der Waals surface area contributed by atoms with Crippen molar-refractivity contribution >= 4 is 39.3 Å². The van der Waals surface area contributed by atoms with E-state index >= 15 is 0 Å². The summed E-state index contributed by atoms with van der Waals surface area (Å²) in [5.41, 5.74) is 0.516. The van der Waals surface area contributed by atoms with Gasteiger partial charge in [-0.2, -0.15) is 0 Å². The number of hydrogen-bond donors (Lipinski definition) is 0. The van der Waals surface area contributed by atoms with E-state index in [1.807, 2.05) is 0 Å². The molecule has 6 nitrogen and oxygen atoms in total. The second-order valence-corrected chi connectivity index (χ2v) is 7.50. The average Bonchev–Trinajstić information content (AvgIpc) is 3.27. The van der Waals surface area contributed by atoms with Crippen LogP contribution < -0.4 is 4.90 Å². The molecule has 7 heteroatoms. The van der Waals surface area contributed by atoms with Crippen molar-refractivity contribution in [2.45, 2.75) is 31.8 Å². The van der Waals surface area contributed by atoms with E-state index in [2.05, 4.69) is 15.9 Å². The fourth-order valence-electron chi connectivity index (χ4n) is 3.20. The molecule has 1 aliphatic heterocycles. The molecule has 26 heavy (non-hydrogen) atoms. The van der Waals surface area contributed by atoms with Crippen LogP contribution in [0.25, 0.3) is 0 Å². The summed E-state index contributed by atoms with van der Waals surface area (Å²) >= 11 is 3.34. The fourth-order valence-corrected chi connectivity index (χ4v) is 3.46. The molecule has 0 spiro atoms. The molecule has 1 saturated heterocycles. The number of furan rings is 1. The molecule has 2 heterocycles. The Balaban J connectivity index is 1.61. The Labute approximate surface area is 158 Å². The van der Waals surface area contributed by atoms with Gasteiger partial charge in [0.05, 0.1) is 24.9 Å². The summed E-state index contributed by atoms with van der Waals surface area (Å²) in [5.74, 6) is -0.186. The standard InChI is InChI=1S/C19H17BrN2O4/c20-13-5-7-14(8-6-13)22-17(23)10-16(19(22)25)21(18(24)12-3-4-12)11-15-2-1-9-26-15/h1-2,5-9,12,16H,3-4,10-11H2. The van der Waals surface area contributed by atoms with Crippen molar-refractivity contribution in [2.24, 2.45) is 5.92 Å². The van der Waals surface area contributed by atoms with Crippen LogP contribution in [0.4, 0.5) is 5.69 Å². The van der Waals surface area contributed by atoms with Crippen LogP contribution >= 0.6 is 15.9 Å². The minimum atomic E-state index is -0.788. The molecule has 1 saturated carbocycles. The maximum atomic E-state index is 13.0. The van der Waals surface area contributed by atoms with Crippen molar-refractivity contribution in [2.75, 3.05) is 4.90 Å². The first-order valence-electron chi connectivity index (χ1n) is 8.50. The van der Waals surface area contributed by atoms with Crippen molar-refractivity contribution < 1.29 is 18.8 Å². The first-order valence-corrected chi connectivity index (χ1v) is 9.29. The van der Waals surface area contributed by atoms with Gasteiger partial charge in [0.25, 0.3) is 5.91 Å². The fraction of sp³-hybridized carbons (Fsp3) is 0.316. The number of hydrogen-bond acceptors (Lipinski definition) is 4. The van der Waals surface area contributed by atoms with Crippen LogP contribution in [0.15, 0.2) is 51.6 Å². The molecule has 4 rings (SSSR count).